The first-order chi connectivity index (χ1) is 11.8. The minimum Gasteiger partial charge on any atom is -0.308 e. The smallest absolute Gasteiger partial charge is 0.0560 e. The summed E-state index contributed by atoms with van der Waals surface area (Å²) in [5.41, 5.74) is 2.81. The van der Waals surface area contributed by atoms with Crippen molar-refractivity contribution in [3.63, 3.8) is 0 Å². The zero-order valence-corrected chi connectivity index (χ0v) is 14.8. The molecule has 4 heteroatoms. The Balaban J connectivity index is 1.49. The number of rotatable bonds is 7. The third-order valence-corrected chi connectivity index (χ3v) is 4.77. The molecule has 4 nitrogen and oxygen atoms in total. The van der Waals surface area contributed by atoms with Crippen LogP contribution in [0.3, 0.4) is 0 Å². The van der Waals surface area contributed by atoms with Crippen LogP contribution in [-0.2, 0) is 19.6 Å². The first kappa shape index (κ1) is 17.2. The van der Waals surface area contributed by atoms with Gasteiger partial charge in [0.05, 0.1) is 6.54 Å². The minimum absolute atomic E-state index is 0.402. The maximum Gasteiger partial charge on any atom is 0.0560 e. The maximum absolute atomic E-state index is 4.27. The van der Waals surface area contributed by atoms with Crippen molar-refractivity contribution in [2.75, 3.05) is 13.1 Å². The Morgan fingerprint density at radius 1 is 1.08 bits per heavy atom. The van der Waals surface area contributed by atoms with Crippen LogP contribution in [0, 0.1) is 0 Å². The second-order valence-corrected chi connectivity index (χ2v) is 7.02. The van der Waals surface area contributed by atoms with Gasteiger partial charge in [-0.2, -0.15) is 5.10 Å². The molecule has 1 aliphatic heterocycles. The number of benzene rings is 1. The molecule has 2 aromatic rings. The van der Waals surface area contributed by atoms with Crippen molar-refractivity contribution in [2.45, 2.75) is 58.3 Å². The Morgan fingerprint density at radius 3 is 2.62 bits per heavy atom. The summed E-state index contributed by atoms with van der Waals surface area (Å²) >= 11 is 0. The number of nitrogens with zero attached hydrogens (tertiary/aromatic N) is 3. The first-order valence-electron chi connectivity index (χ1n) is 9.30. The summed E-state index contributed by atoms with van der Waals surface area (Å²) in [5, 5.41) is 7.87. The predicted octanol–water partition coefficient (Wildman–Crippen LogP) is 3.44. The molecule has 1 N–H and O–H groups in total. The summed E-state index contributed by atoms with van der Waals surface area (Å²) in [6, 6.07) is 11.4. The Bertz CT molecular complexity index is 585. The van der Waals surface area contributed by atoms with Gasteiger partial charge in [0, 0.05) is 31.5 Å². The summed E-state index contributed by atoms with van der Waals surface area (Å²) in [6.45, 7) is 7.63. The third-order valence-electron chi connectivity index (χ3n) is 4.77. The fourth-order valence-corrected chi connectivity index (χ4v) is 3.44. The highest BCUT2D eigenvalue weighted by Crippen LogP contribution is 2.14. The molecule has 3 rings (SSSR count). The van der Waals surface area contributed by atoms with E-state index in [1.165, 1.54) is 49.9 Å². The molecule has 0 bridgehead atoms. The van der Waals surface area contributed by atoms with Crippen molar-refractivity contribution in [1.82, 2.24) is 20.0 Å². The van der Waals surface area contributed by atoms with Crippen molar-refractivity contribution < 1.29 is 0 Å². The van der Waals surface area contributed by atoms with Crippen LogP contribution >= 0.6 is 0 Å². The highest BCUT2D eigenvalue weighted by Gasteiger charge is 2.10. The topological polar surface area (TPSA) is 33.1 Å². The molecule has 0 saturated carbocycles. The normalized spacial score (nSPS) is 17.5. The Hall–Kier alpha value is -1.65. The molecule has 1 fully saturated rings. The fraction of sp³-hybridized carbons (Fsp3) is 0.550. The van der Waals surface area contributed by atoms with Gasteiger partial charge < -0.3 is 5.32 Å². The molecule has 0 aliphatic carbocycles. The maximum atomic E-state index is 4.27. The van der Waals surface area contributed by atoms with Crippen molar-refractivity contribution >= 4 is 0 Å². The van der Waals surface area contributed by atoms with Crippen LogP contribution in [0.25, 0.3) is 0 Å². The minimum atomic E-state index is 0.402. The van der Waals surface area contributed by atoms with Gasteiger partial charge in [0.25, 0.3) is 0 Å². The van der Waals surface area contributed by atoms with Gasteiger partial charge in [-0.25, -0.2) is 0 Å². The van der Waals surface area contributed by atoms with E-state index in [-0.39, 0.29) is 0 Å². The van der Waals surface area contributed by atoms with Crippen LogP contribution in [0.4, 0.5) is 0 Å². The van der Waals surface area contributed by atoms with E-state index in [0.717, 1.165) is 19.6 Å². The molecule has 1 atom stereocenters. The van der Waals surface area contributed by atoms with Gasteiger partial charge in [-0.3, -0.25) is 9.58 Å². The fourth-order valence-electron chi connectivity index (χ4n) is 3.44. The SMILES string of the molecule is C[C@H](Cn1cccn1)NCc1cccc(CN2CCCCCC2)c1. The van der Waals surface area contributed by atoms with Crippen LogP contribution in [0.5, 0.6) is 0 Å². The Kier molecular flexibility index (Phi) is 6.44. The Labute approximate surface area is 145 Å². The quantitative estimate of drug-likeness (QED) is 0.846. The summed E-state index contributed by atoms with van der Waals surface area (Å²) in [6.07, 6.45) is 9.35. The number of likely N-dealkylation sites (tertiary alicyclic amines) is 1. The monoisotopic (exact) mass is 326 g/mol. The van der Waals surface area contributed by atoms with Crippen molar-refractivity contribution in [2.24, 2.45) is 0 Å². The van der Waals surface area contributed by atoms with Crippen LogP contribution in [-0.4, -0.2) is 33.8 Å². The molecule has 0 amide bonds. The molecule has 1 saturated heterocycles. The van der Waals surface area contributed by atoms with Crippen LogP contribution in [0.2, 0.25) is 0 Å². The number of hydrogen-bond donors (Lipinski definition) is 1. The average molecular weight is 326 g/mol. The molecule has 0 radical (unpaired) electrons. The van der Waals surface area contributed by atoms with E-state index >= 15 is 0 Å². The lowest BCUT2D eigenvalue weighted by atomic mass is 10.1. The van der Waals surface area contributed by atoms with Gasteiger partial charge in [0.1, 0.15) is 0 Å². The first-order valence-corrected chi connectivity index (χ1v) is 9.30. The van der Waals surface area contributed by atoms with E-state index < -0.39 is 0 Å². The van der Waals surface area contributed by atoms with Crippen molar-refractivity contribution in [3.8, 4) is 0 Å². The van der Waals surface area contributed by atoms with E-state index in [0.29, 0.717) is 6.04 Å². The largest absolute Gasteiger partial charge is 0.308 e. The zero-order chi connectivity index (χ0) is 16.6. The van der Waals surface area contributed by atoms with E-state index in [2.05, 4.69) is 46.5 Å². The van der Waals surface area contributed by atoms with E-state index in [1.54, 1.807) is 0 Å². The van der Waals surface area contributed by atoms with Crippen molar-refractivity contribution in [3.05, 3.63) is 53.9 Å². The second-order valence-electron chi connectivity index (χ2n) is 7.02. The standard InChI is InChI=1S/C20H30N4/c1-18(16-24-13-7-10-22-24)21-15-19-8-6-9-20(14-19)17-23-11-4-2-3-5-12-23/h6-10,13-14,18,21H,2-5,11-12,15-17H2,1H3/t18-/m1/s1. The lowest BCUT2D eigenvalue weighted by Crippen LogP contribution is -2.30. The van der Waals surface area contributed by atoms with E-state index in [1.807, 2.05) is 23.1 Å². The van der Waals surface area contributed by atoms with Gasteiger partial charge in [-0.15, -0.1) is 0 Å². The molecular weight excluding hydrogens is 296 g/mol. The molecule has 130 valence electrons. The number of hydrogen-bond acceptors (Lipinski definition) is 3. The molecule has 1 aromatic heterocycles. The Morgan fingerprint density at radius 2 is 1.88 bits per heavy atom. The molecule has 2 heterocycles. The zero-order valence-electron chi connectivity index (χ0n) is 14.8. The van der Waals surface area contributed by atoms with Gasteiger partial charge >= 0.3 is 0 Å². The van der Waals surface area contributed by atoms with Crippen LogP contribution < -0.4 is 5.32 Å². The lowest BCUT2D eigenvalue weighted by Gasteiger charge is -2.20. The third kappa shape index (κ3) is 5.46. The van der Waals surface area contributed by atoms with Gasteiger partial charge in [-0.05, 0) is 50.0 Å². The van der Waals surface area contributed by atoms with Crippen LogP contribution in [0.15, 0.2) is 42.7 Å². The molecule has 24 heavy (non-hydrogen) atoms. The van der Waals surface area contributed by atoms with E-state index in [4.69, 9.17) is 0 Å². The van der Waals surface area contributed by atoms with E-state index in [9.17, 15) is 0 Å². The molecule has 0 unspecified atom stereocenters. The summed E-state index contributed by atoms with van der Waals surface area (Å²) in [4.78, 5) is 2.61. The average Bonchev–Trinajstić information content (AvgIpc) is 2.96. The second kappa shape index (κ2) is 9.00. The predicted molar refractivity (Wildman–Crippen MR) is 98.7 cm³/mol. The van der Waals surface area contributed by atoms with Gasteiger partial charge in [0.15, 0.2) is 0 Å². The highest BCUT2D eigenvalue weighted by atomic mass is 15.3. The van der Waals surface area contributed by atoms with Crippen LogP contribution in [0.1, 0.15) is 43.7 Å². The van der Waals surface area contributed by atoms with Gasteiger partial charge in [-0.1, -0.05) is 37.1 Å². The highest BCUT2D eigenvalue weighted by molar-refractivity contribution is 5.23. The summed E-state index contributed by atoms with van der Waals surface area (Å²) < 4.78 is 1.98. The number of nitrogens with one attached hydrogen (secondary N) is 1. The molecule has 1 aromatic carbocycles. The van der Waals surface area contributed by atoms with Gasteiger partial charge in [0.2, 0.25) is 0 Å². The molecule has 0 spiro atoms. The number of aromatic nitrogens is 2. The van der Waals surface area contributed by atoms with Crippen molar-refractivity contribution in [1.29, 1.82) is 0 Å². The lowest BCUT2D eigenvalue weighted by molar-refractivity contribution is 0.277. The summed E-state index contributed by atoms with van der Waals surface area (Å²) in [7, 11) is 0. The summed E-state index contributed by atoms with van der Waals surface area (Å²) in [5.74, 6) is 0. The molecule has 1 aliphatic rings. The molecular formula is C20H30N4.